The first-order chi connectivity index (χ1) is 11.1. The SMILES string of the molecule is COc1ccc(CN2CCc3nc(C)ncc3C2)c(Cl)c1OC. The van der Waals surface area contributed by atoms with Gasteiger partial charge in [-0.3, -0.25) is 4.90 Å². The van der Waals surface area contributed by atoms with E-state index in [1.165, 1.54) is 5.56 Å². The fourth-order valence-electron chi connectivity index (χ4n) is 2.90. The van der Waals surface area contributed by atoms with Gasteiger partial charge in [-0.2, -0.15) is 0 Å². The molecule has 1 aromatic heterocycles. The zero-order valence-electron chi connectivity index (χ0n) is 13.6. The smallest absolute Gasteiger partial charge is 0.179 e. The minimum Gasteiger partial charge on any atom is -0.493 e. The third-order valence-electron chi connectivity index (χ3n) is 4.09. The van der Waals surface area contributed by atoms with E-state index in [4.69, 9.17) is 21.1 Å². The second-order valence-electron chi connectivity index (χ2n) is 5.62. The van der Waals surface area contributed by atoms with E-state index in [1.54, 1.807) is 14.2 Å². The first kappa shape index (κ1) is 16.0. The third-order valence-corrected chi connectivity index (χ3v) is 4.51. The topological polar surface area (TPSA) is 47.5 Å². The fourth-order valence-corrected chi connectivity index (χ4v) is 3.20. The Labute approximate surface area is 141 Å². The van der Waals surface area contributed by atoms with Crippen LogP contribution in [0.25, 0.3) is 0 Å². The lowest BCUT2D eigenvalue weighted by atomic mass is 10.1. The van der Waals surface area contributed by atoms with Crippen LogP contribution in [-0.2, 0) is 19.5 Å². The van der Waals surface area contributed by atoms with Gasteiger partial charge in [-0.1, -0.05) is 17.7 Å². The summed E-state index contributed by atoms with van der Waals surface area (Å²) < 4.78 is 10.7. The molecule has 0 amide bonds. The number of hydrogen-bond donors (Lipinski definition) is 0. The van der Waals surface area contributed by atoms with Crippen molar-refractivity contribution in [3.05, 3.63) is 46.0 Å². The number of aromatic nitrogens is 2. The van der Waals surface area contributed by atoms with Crippen molar-refractivity contribution in [3.63, 3.8) is 0 Å². The van der Waals surface area contributed by atoms with Crippen LogP contribution in [0.2, 0.25) is 5.02 Å². The van der Waals surface area contributed by atoms with Gasteiger partial charge >= 0.3 is 0 Å². The number of ether oxygens (including phenoxy) is 2. The highest BCUT2D eigenvalue weighted by Crippen LogP contribution is 2.38. The molecule has 2 aromatic rings. The molecule has 0 aliphatic carbocycles. The Balaban J connectivity index is 1.79. The molecular formula is C17H20ClN3O2. The average molecular weight is 334 g/mol. The summed E-state index contributed by atoms with van der Waals surface area (Å²) in [7, 11) is 3.21. The summed E-state index contributed by atoms with van der Waals surface area (Å²) in [4.78, 5) is 11.2. The van der Waals surface area contributed by atoms with Crippen molar-refractivity contribution in [2.45, 2.75) is 26.4 Å². The molecule has 1 aliphatic heterocycles. The molecule has 0 radical (unpaired) electrons. The predicted molar refractivity (Wildman–Crippen MR) is 89.1 cm³/mol. The van der Waals surface area contributed by atoms with Crippen LogP contribution in [0, 0.1) is 6.92 Å². The van der Waals surface area contributed by atoms with Gasteiger partial charge in [0.15, 0.2) is 11.5 Å². The number of rotatable bonds is 4. The summed E-state index contributed by atoms with van der Waals surface area (Å²) in [5.41, 5.74) is 3.38. The van der Waals surface area contributed by atoms with E-state index in [2.05, 4.69) is 14.9 Å². The van der Waals surface area contributed by atoms with Crippen LogP contribution in [0.3, 0.4) is 0 Å². The van der Waals surface area contributed by atoms with Crippen molar-refractivity contribution in [2.75, 3.05) is 20.8 Å². The molecule has 0 fully saturated rings. The number of nitrogens with zero attached hydrogens (tertiary/aromatic N) is 3. The van der Waals surface area contributed by atoms with Crippen molar-refractivity contribution in [2.24, 2.45) is 0 Å². The molecule has 6 heteroatoms. The number of aryl methyl sites for hydroxylation is 1. The number of fused-ring (bicyclic) bond motifs is 1. The fraction of sp³-hybridized carbons (Fsp3) is 0.412. The number of benzene rings is 1. The third kappa shape index (κ3) is 3.26. The van der Waals surface area contributed by atoms with Crippen LogP contribution in [-0.4, -0.2) is 35.6 Å². The molecule has 0 saturated heterocycles. The maximum Gasteiger partial charge on any atom is 0.179 e. The first-order valence-corrected chi connectivity index (χ1v) is 7.93. The summed E-state index contributed by atoms with van der Waals surface area (Å²) in [6, 6.07) is 3.88. The average Bonchev–Trinajstić information content (AvgIpc) is 2.56. The molecule has 122 valence electrons. The van der Waals surface area contributed by atoms with Gasteiger partial charge in [-0.15, -0.1) is 0 Å². The van der Waals surface area contributed by atoms with E-state index in [9.17, 15) is 0 Å². The minimum absolute atomic E-state index is 0.586. The van der Waals surface area contributed by atoms with Crippen LogP contribution in [0.4, 0.5) is 0 Å². The van der Waals surface area contributed by atoms with Crippen molar-refractivity contribution < 1.29 is 9.47 Å². The molecule has 0 spiro atoms. The van der Waals surface area contributed by atoms with E-state index in [0.29, 0.717) is 16.5 Å². The first-order valence-electron chi connectivity index (χ1n) is 7.55. The molecule has 0 atom stereocenters. The summed E-state index contributed by atoms with van der Waals surface area (Å²) in [6.07, 6.45) is 2.86. The monoisotopic (exact) mass is 333 g/mol. The lowest BCUT2D eigenvalue weighted by Crippen LogP contribution is -2.31. The van der Waals surface area contributed by atoms with Gasteiger partial charge in [-0.25, -0.2) is 9.97 Å². The van der Waals surface area contributed by atoms with Crippen LogP contribution in [0.15, 0.2) is 18.3 Å². The van der Waals surface area contributed by atoms with Crippen molar-refractivity contribution in [1.82, 2.24) is 14.9 Å². The van der Waals surface area contributed by atoms with Crippen molar-refractivity contribution in [1.29, 1.82) is 0 Å². The normalized spacial score (nSPS) is 14.4. The number of methoxy groups -OCH3 is 2. The maximum atomic E-state index is 6.48. The summed E-state index contributed by atoms with van der Waals surface area (Å²) >= 11 is 6.48. The predicted octanol–water partition coefficient (Wildman–Crippen LogP) is 3.01. The molecule has 1 aliphatic rings. The molecular weight excluding hydrogens is 314 g/mol. The van der Waals surface area contributed by atoms with E-state index in [0.717, 1.165) is 43.1 Å². The standard InChI is InChI=1S/C17H20ClN3O2/c1-11-19-8-13-10-21(7-6-14(13)20-11)9-12-4-5-15(22-2)17(23-3)16(12)18/h4-5,8H,6-7,9-10H2,1-3H3. The molecule has 0 N–H and O–H groups in total. The Kier molecular flexibility index (Phi) is 4.68. The highest BCUT2D eigenvalue weighted by atomic mass is 35.5. The lowest BCUT2D eigenvalue weighted by molar-refractivity contribution is 0.242. The lowest BCUT2D eigenvalue weighted by Gasteiger charge is -2.28. The van der Waals surface area contributed by atoms with E-state index >= 15 is 0 Å². The summed E-state index contributed by atoms with van der Waals surface area (Å²) in [5.74, 6) is 2.07. The van der Waals surface area contributed by atoms with Gasteiger partial charge < -0.3 is 9.47 Å². The van der Waals surface area contributed by atoms with Crippen LogP contribution in [0.5, 0.6) is 11.5 Å². The highest BCUT2D eigenvalue weighted by molar-refractivity contribution is 6.33. The molecule has 23 heavy (non-hydrogen) atoms. The molecule has 0 unspecified atom stereocenters. The van der Waals surface area contributed by atoms with Crippen LogP contribution in [0.1, 0.15) is 22.6 Å². The van der Waals surface area contributed by atoms with E-state index in [-0.39, 0.29) is 0 Å². The quantitative estimate of drug-likeness (QED) is 0.860. The van der Waals surface area contributed by atoms with Crippen molar-refractivity contribution in [3.8, 4) is 11.5 Å². The van der Waals surface area contributed by atoms with Gasteiger partial charge in [0.05, 0.1) is 19.2 Å². The highest BCUT2D eigenvalue weighted by Gasteiger charge is 2.20. The molecule has 0 saturated carbocycles. The Morgan fingerprint density at radius 1 is 1.26 bits per heavy atom. The van der Waals surface area contributed by atoms with Gasteiger partial charge in [0, 0.05) is 43.5 Å². The Bertz CT molecular complexity index is 721. The minimum atomic E-state index is 0.586. The number of hydrogen-bond acceptors (Lipinski definition) is 5. The Hall–Kier alpha value is -1.85. The second-order valence-corrected chi connectivity index (χ2v) is 6.00. The van der Waals surface area contributed by atoms with Gasteiger partial charge in [0.2, 0.25) is 0 Å². The Morgan fingerprint density at radius 2 is 2.09 bits per heavy atom. The largest absolute Gasteiger partial charge is 0.493 e. The summed E-state index contributed by atoms with van der Waals surface area (Å²) in [6.45, 7) is 4.47. The van der Waals surface area contributed by atoms with Gasteiger partial charge in [0.1, 0.15) is 5.82 Å². The van der Waals surface area contributed by atoms with E-state index < -0.39 is 0 Å². The zero-order valence-corrected chi connectivity index (χ0v) is 14.4. The number of halogens is 1. The van der Waals surface area contributed by atoms with E-state index in [1.807, 2.05) is 25.3 Å². The van der Waals surface area contributed by atoms with Crippen LogP contribution >= 0.6 is 11.6 Å². The van der Waals surface area contributed by atoms with Crippen molar-refractivity contribution >= 4 is 11.6 Å². The molecule has 3 rings (SSSR count). The molecule has 5 nitrogen and oxygen atoms in total. The zero-order chi connectivity index (χ0) is 16.4. The second kappa shape index (κ2) is 6.72. The molecule has 0 bridgehead atoms. The van der Waals surface area contributed by atoms with Crippen LogP contribution < -0.4 is 9.47 Å². The van der Waals surface area contributed by atoms with Gasteiger partial charge in [-0.05, 0) is 18.6 Å². The maximum absolute atomic E-state index is 6.48. The molecule has 2 heterocycles. The summed E-state index contributed by atoms with van der Waals surface area (Å²) in [5, 5.41) is 0.609. The Morgan fingerprint density at radius 3 is 2.83 bits per heavy atom. The van der Waals surface area contributed by atoms with Gasteiger partial charge in [0.25, 0.3) is 0 Å². The molecule has 1 aromatic carbocycles.